The number of carbonyl (C=O) groups excluding carboxylic acids is 1. The van der Waals surface area contributed by atoms with Crippen LogP contribution in [0.25, 0.3) is 5.69 Å². The lowest BCUT2D eigenvalue weighted by Crippen LogP contribution is -2.44. The fraction of sp³-hybridized carbons (Fsp3) is 0.500. The zero-order valence-electron chi connectivity index (χ0n) is 14.1. The quantitative estimate of drug-likeness (QED) is 0.855. The van der Waals surface area contributed by atoms with Gasteiger partial charge in [0, 0.05) is 25.3 Å². The van der Waals surface area contributed by atoms with E-state index in [1.54, 1.807) is 16.8 Å². The highest BCUT2D eigenvalue weighted by Gasteiger charge is 2.32. The van der Waals surface area contributed by atoms with Crippen LogP contribution in [0, 0.1) is 6.92 Å². The molecular weight excluding hydrogens is 308 g/mol. The summed E-state index contributed by atoms with van der Waals surface area (Å²) in [6.45, 7) is 6.02. The Morgan fingerprint density at radius 3 is 2.96 bits per heavy atom. The van der Waals surface area contributed by atoms with Gasteiger partial charge in [-0.05, 0) is 49.5 Å². The number of aromatic nitrogens is 4. The van der Waals surface area contributed by atoms with Gasteiger partial charge in [-0.3, -0.25) is 4.79 Å². The highest BCUT2D eigenvalue weighted by molar-refractivity contribution is 5.95. The van der Waals surface area contributed by atoms with Crippen molar-refractivity contribution < 1.29 is 9.53 Å². The molecule has 8 nitrogen and oxygen atoms in total. The third-order valence-electron chi connectivity index (χ3n) is 4.12. The largest absolute Gasteiger partial charge is 0.375 e. The Balaban J connectivity index is 1.75. The highest BCUT2D eigenvalue weighted by Crippen LogP contribution is 2.14. The van der Waals surface area contributed by atoms with Crippen molar-refractivity contribution in [2.75, 3.05) is 26.7 Å². The number of carbonyl (C=O) groups is 1. The molecule has 8 heteroatoms. The van der Waals surface area contributed by atoms with Gasteiger partial charge >= 0.3 is 0 Å². The lowest BCUT2D eigenvalue weighted by molar-refractivity contribution is 0.0513. The summed E-state index contributed by atoms with van der Waals surface area (Å²) in [5.74, 6) is 0.550. The molecule has 0 aliphatic carbocycles. The normalized spacial score (nSPS) is 21.1. The van der Waals surface area contributed by atoms with Gasteiger partial charge in [-0.25, -0.2) is 0 Å². The summed E-state index contributed by atoms with van der Waals surface area (Å²) in [5.41, 5.74) is 1.34. The Kier molecular flexibility index (Phi) is 4.86. The molecule has 1 saturated heterocycles. The molecule has 24 heavy (non-hydrogen) atoms. The predicted molar refractivity (Wildman–Crippen MR) is 88.1 cm³/mol. The molecule has 1 amide bonds. The van der Waals surface area contributed by atoms with Gasteiger partial charge in [0.25, 0.3) is 5.91 Å². The Bertz CT molecular complexity index is 716. The van der Waals surface area contributed by atoms with Crippen LogP contribution in [0.2, 0.25) is 0 Å². The average Bonchev–Trinajstić information content (AvgIpc) is 3.14. The number of rotatable bonds is 5. The highest BCUT2D eigenvalue weighted by atomic mass is 16.5. The molecule has 1 aliphatic rings. The van der Waals surface area contributed by atoms with Gasteiger partial charge in [-0.15, -0.1) is 5.10 Å². The lowest BCUT2D eigenvalue weighted by Gasteiger charge is -2.20. The molecule has 2 atom stereocenters. The SMILES string of the molecule is CCO[C@@H]1CN(C)C[C@H]1NC(=O)c1cccc(-n2nnnc2C)c1. The number of aryl methyl sites for hydroxylation is 1. The van der Waals surface area contributed by atoms with Crippen LogP contribution in [0.4, 0.5) is 0 Å². The Morgan fingerprint density at radius 1 is 1.42 bits per heavy atom. The summed E-state index contributed by atoms with van der Waals surface area (Å²) in [7, 11) is 2.03. The molecule has 128 valence electrons. The lowest BCUT2D eigenvalue weighted by atomic mass is 10.1. The molecule has 0 radical (unpaired) electrons. The van der Waals surface area contributed by atoms with Gasteiger partial charge in [0.05, 0.1) is 17.8 Å². The van der Waals surface area contributed by atoms with Gasteiger partial charge < -0.3 is 15.0 Å². The van der Waals surface area contributed by atoms with Crippen LogP contribution in [0.1, 0.15) is 23.1 Å². The summed E-state index contributed by atoms with van der Waals surface area (Å²) >= 11 is 0. The molecule has 1 fully saturated rings. The number of tetrazole rings is 1. The molecule has 3 rings (SSSR count). The molecule has 1 aromatic carbocycles. The van der Waals surface area contributed by atoms with Gasteiger partial charge in [-0.2, -0.15) is 4.68 Å². The molecule has 0 bridgehead atoms. The number of ether oxygens (including phenoxy) is 1. The van der Waals surface area contributed by atoms with Crippen molar-refractivity contribution in [3.8, 4) is 5.69 Å². The molecule has 1 aromatic heterocycles. The minimum Gasteiger partial charge on any atom is -0.375 e. The second-order valence-corrected chi connectivity index (χ2v) is 5.98. The minimum atomic E-state index is -0.118. The topological polar surface area (TPSA) is 85.2 Å². The molecule has 2 heterocycles. The van der Waals surface area contributed by atoms with Gasteiger partial charge in [0.2, 0.25) is 0 Å². The van der Waals surface area contributed by atoms with Crippen LogP contribution in [-0.4, -0.2) is 69.9 Å². The summed E-state index contributed by atoms with van der Waals surface area (Å²) in [6.07, 6.45) is 0.0221. The number of hydrogen-bond acceptors (Lipinski definition) is 6. The Labute approximate surface area is 140 Å². The number of likely N-dealkylation sites (tertiary alicyclic amines) is 1. The molecule has 0 unspecified atom stereocenters. The van der Waals surface area contributed by atoms with Crippen molar-refractivity contribution >= 4 is 5.91 Å². The summed E-state index contributed by atoms with van der Waals surface area (Å²) in [4.78, 5) is 14.8. The van der Waals surface area contributed by atoms with E-state index in [-0.39, 0.29) is 18.1 Å². The maximum absolute atomic E-state index is 12.6. The van der Waals surface area contributed by atoms with E-state index in [2.05, 4.69) is 25.7 Å². The number of nitrogens with one attached hydrogen (secondary N) is 1. The van der Waals surface area contributed by atoms with E-state index < -0.39 is 0 Å². The minimum absolute atomic E-state index is 0.0131. The number of benzene rings is 1. The second-order valence-electron chi connectivity index (χ2n) is 5.98. The first-order valence-electron chi connectivity index (χ1n) is 8.05. The van der Waals surface area contributed by atoms with Crippen molar-refractivity contribution in [2.24, 2.45) is 0 Å². The first-order valence-corrected chi connectivity index (χ1v) is 8.05. The van der Waals surface area contributed by atoms with Gasteiger partial charge in [0.15, 0.2) is 5.82 Å². The fourth-order valence-electron chi connectivity index (χ4n) is 2.98. The van der Waals surface area contributed by atoms with E-state index in [9.17, 15) is 4.79 Å². The number of hydrogen-bond donors (Lipinski definition) is 1. The first kappa shape index (κ1) is 16.5. The van der Waals surface area contributed by atoms with E-state index in [1.165, 1.54) is 0 Å². The van der Waals surface area contributed by atoms with E-state index in [4.69, 9.17) is 4.74 Å². The maximum Gasteiger partial charge on any atom is 0.251 e. The standard InChI is InChI=1S/C16H22N6O2/c1-4-24-15-10-21(3)9-14(15)17-16(23)12-6-5-7-13(8-12)22-11(2)18-19-20-22/h5-8,14-15H,4,9-10H2,1-3H3,(H,17,23)/t14-,15-/m1/s1. The van der Waals surface area contributed by atoms with Crippen molar-refractivity contribution in [1.82, 2.24) is 30.4 Å². The molecule has 1 N–H and O–H groups in total. The molecule has 0 spiro atoms. The third-order valence-corrected chi connectivity index (χ3v) is 4.12. The Hall–Kier alpha value is -2.32. The van der Waals surface area contributed by atoms with E-state index >= 15 is 0 Å². The second kappa shape index (κ2) is 7.06. The van der Waals surface area contributed by atoms with Crippen LogP contribution >= 0.6 is 0 Å². The van der Waals surface area contributed by atoms with Crippen LogP contribution in [-0.2, 0) is 4.74 Å². The van der Waals surface area contributed by atoms with E-state index in [1.807, 2.05) is 33.0 Å². The average molecular weight is 330 g/mol. The monoisotopic (exact) mass is 330 g/mol. The zero-order chi connectivity index (χ0) is 17.1. The molecular formula is C16H22N6O2. The van der Waals surface area contributed by atoms with Gasteiger partial charge in [-0.1, -0.05) is 6.07 Å². The van der Waals surface area contributed by atoms with Crippen LogP contribution in [0.15, 0.2) is 24.3 Å². The predicted octanol–water partition coefficient (Wildman–Crippen LogP) is 0.420. The first-order chi connectivity index (χ1) is 11.6. The smallest absolute Gasteiger partial charge is 0.251 e. The van der Waals surface area contributed by atoms with Crippen LogP contribution in [0.3, 0.4) is 0 Å². The molecule has 2 aromatic rings. The number of amides is 1. The van der Waals surface area contributed by atoms with Crippen molar-refractivity contribution in [1.29, 1.82) is 0 Å². The zero-order valence-corrected chi connectivity index (χ0v) is 14.1. The summed E-state index contributed by atoms with van der Waals surface area (Å²) in [5, 5.41) is 14.5. The summed E-state index contributed by atoms with van der Waals surface area (Å²) in [6, 6.07) is 7.25. The number of likely N-dealkylation sites (N-methyl/N-ethyl adjacent to an activating group) is 1. The van der Waals surface area contributed by atoms with Crippen molar-refractivity contribution in [3.63, 3.8) is 0 Å². The maximum atomic E-state index is 12.6. The third kappa shape index (κ3) is 3.44. The molecule has 0 saturated carbocycles. The summed E-state index contributed by atoms with van der Waals surface area (Å²) < 4.78 is 7.33. The van der Waals surface area contributed by atoms with E-state index in [0.29, 0.717) is 18.0 Å². The van der Waals surface area contributed by atoms with Gasteiger partial charge in [0.1, 0.15) is 0 Å². The van der Waals surface area contributed by atoms with Crippen molar-refractivity contribution in [2.45, 2.75) is 26.0 Å². The van der Waals surface area contributed by atoms with Crippen LogP contribution < -0.4 is 5.32 Å². The van der Waals surface area contributed by atoms with Crippen molar-refractivity contribution in [3.05, 3.63) is 35.7 Å². The molecule has 1 aliphatic heterocycles. The Morgan fingerprint density at radius 2 is 2.25 bits per heavy atom. The fourth-order valence-corrected chi connectivity index (χ4v) is 2.98. The van der Waals surface area contributed by atoms with E-state index in [0.717, 1.165) is 18.8 Å². The van der Waals surface area contributed by atoms with Crippen LogP contribution in [0.5, 0.6) is 0 Å². The number of nitrogens with zero attached hydrogens (tertiary/aromatic N) is 5.